The molecule has 0 spiro atoms. The van der Waals surface area contributed by atoms with E-state index in [9.17, 15) is 13.6 Å². The van der Waals surface area contributed by atoms with Crippen molar-refractivity contribution >= 4 is 31.6 Å². The SMILES string of the molecule is N#Cc1cccc(N2CCN(C(=O)N3N=CC[C@H]3c3cc(F)cc(F)c3)CC2)n1.S. The van der Waals surface area contributed by atoms with Crippen LogP contribution in [0.5, 0.6) is 0 Å². The van der Waals surface area contributed by atoms with Crippen LogP contribution < -0.4 is 4.90 Å². The Balaban J connectivity index is 0.00000256. The zero-order valence-electron chi connectivity index (χ0n) is 16.0. The van der Waals surface area contributed by atoms with Gasteiger partial charge in [0.15, 0.2) is 0 Å². The molecule has 1 atom stereocenters. The Morgan fingerprint density at radius 3 is 2.47 bits per heavy atom. The molecule has 2 aliphatic rings. The number of aromatic nitrogens is 1. The Hall–Kier alpha value is -3.19. The number of rotatable bonds is 2. The highest BCUT2D eigenvalue weighted by Crippen LogP contribution is 2.30. The third-order valence-corrected chi connectivity index (χ3v) is 5.02. The molecule has 0 unspecified atom stereocenters. The summed E-state index contributed by atoms with van der Waals surface area (Å²) in [6, 6.07) is 9.71. The third-order valence-electron chi connectivity index (χ3n) is 5.02. The van der Waals surface area contributed by atoms with Gasteiger partial charge in [0, 0.05) is 44.9 Å². The minimum atomic E-state index is -0.681. The molecule has 7 nitrogen and oxygen atoms in total. The van der Waals surface area contributed by atoms with Crippen LogP contribution in [0.2, 0.25) is 0 Å². The molecule has 4 rings (SSSR count). The molecule has 1 aromatic heterocycles. The maximum atomic E-state index is 13.6. The molecule has 0 bridgehead atoms. The van der Waals surface area contributed by atoms with Gasteiger partial charge in [-0.2, -0.15) is 23.9 Å². The number of hydrogen-bond donors (Lipinski definition) is 0. The van der Waals surface area contributed by atoms with E-state index in [0.717, 1.165) is 6.07 Å². The van der Waals surface area contributed by atoms with E-state index in [1.54, 1.807) is 23.2 Å². The van der Waals surface area contributed by atoms with Crippen molar-refractivity contribution in [2.24, 2.45) is 5.10 Å². The van der Waals surface area contributed by atoms with Crippen molar-refractivity contribution in [3.8, 4) is 6.07 Å². The summed E-state index contributed by atoms with van der Waals surface area (Å²) >= 11 is 0. The van der Waals surface area contributed by atoms with Crippen LogP contribution in [0.3, 0.4) is 0 Å². The lowest BCUT2D eigenvalue weighted by atomic mass is 10.0. The van der Waals surface area contributed by atoms with E-state index >= 15 is 0 Å². The fourth-order valence-corrected chi connectivity index (χ4v) is 3.58. The number of hydrogen-bond acceptors (Lipinski definition) is 5. The van der Waals surface area contributed by atoms with Crippen molar-refractivity contribution in [3.05, 3.63) is 59.3 Å². The van der Waals surface area contributed by atoms with Gasteiger partial charge in [-0.1, -0.05) is 6.07 Å². The average molecular weight is 430 g/mol. The van der Waals surface area contributed by atoms with Gasteiger partial charge in [0.1, 0.15) is 29.2 Å². The van der Waals surface area contributed by atoms with Crippen LogP contribution in [-0.2, 0) is 0 Å². The van der Waals surface area contributed by atoms with Gasteiger partial charge in [0.2, 0.25) is 0 Å². The van der Waals surface area contributed by atoms with Crippen LogP contribution in [0, 0.1) is 23.0 Å². The number of anilines is 1. The van der Waals surface area contributed by atoms with Gasteiger partial charge in [-0.25, -0.2) is 23.6 Å². The van der Waals surface area contributed by atoms with E-state index < -0.39 is 17.7 Å². The van der Waals surface area contributed by atoms with Crippen molar-refractivity contribution in [2.75, 3.05) is 31.1 Å². The number of carbonyl (C=O) groups excluding carboxylic acids is 1. The van der Waals surface area contributed by atoms with Crippen molar-refractivity contribution in [3.63, 3.8) is 0 Å². The highest BCUT2D eigenvalue weighted by atomic mass is 32.1. The second kappa shape index (κ2) is 9.09. The maximum Gasteiger partial charge on any atom is 0.341 e. The standard InChI is InChI=1S/C20H18F2N6O.H2S/c21-15-10-14(11-16(22)12-15)18-4-5-24-28(18)20(29)27-8-6-26(7-9-27)19-3-1-2-17(13-23)25-19;/h1-3,5,10-12,18H,4,6-9H2;1H2/t18-;/m0./s1. The van der Waals surface area contributed by atoms with Crippen molar-refractivity contribution in [1.82, 2.24) is 14.9 Å². The van der Waals surface area contributed by atoms with Crippen LogP contribution in [0.1, 0.15) is 23.7 Å². The van der Waals surface area contributed by atoms with E-state index in [0.29, 0.717) is 49.7 Å². The lowest BCUT2D eigenvalue weighted by Crippen LogP contribution is -2.52. The normalized spacial score (nSPS) is 18.2. The van der Waals surface area contributed by atoms with Gasteiger partial charge in [-0.15, -0.1) is 0 Å². The summed E-state index contributed by atoms with van der Waals surface area (Å²) in [6.07, 6.45) is 1.98. The predicted molar refractivity (Wildman–Crippen MR) is 113 cm³/mol. The Morgan fingerprint density at radius 2 is 1.80 bits per heavy atom. The molecule has 1 saturated heterocycles. The molecule has 2 aromatic rings. The first kappa shape index (κ1) is 21.5. The van der Waals surface area contributed by atoms with Crippen molar-refractivity contribution < 1.29 is 13.6 Å². The fourth-order valence-electron chi connectivity index (χ4n) is 3.58. The molecule has 0 aliphatic carbocycles. The second-order valence-electron chi connectivity index (χ2n) is 6.85. The number of carbonyl (C=O) groups is 1. The first-order chi connectivity index (χ1) is 14.0. The van der Waals surface area contributed by atoms with E-state index in [1.165, 1.54) is 17.1 Å². The molecule has 2 amide bonds. The molecule has 3 heterocycles. The van der Waals surface area contributed by atoms with Gasteiger partial charge in [0.05, 0.1) is 6.04 Å². The number of piperazine rings is 1. The Morgan fingerprint density at radius 1 is 1.10 bits per heavy atom. The number of nitrogens with zero attached hydrogens (tertiary/aromatic N) is 6. The molecule has 0 saturated carbocycles. The van der Waals surface area contributed by atoms with Crippen LogP contribution in [0.25, 0.3) is 0 Å². The Bertz CT molecular complexity index is 983. The van der Waals surface area contributed by atoms with E-state index in [2.05, 4.69) is 10.1 Å². The highest BCUT2D eigenvalue weighted by Gasteiger charge is 2.33. The van der Waals surface area contributed by atoms with Gasteiger partial charge in [-0.05, 0) is 29.8 Å². The summed E-state index contributed by atoms with van der Waals surface area (Å²) in [5.74, 6) is -0.663. The monoisotopic (exact) mass is 430 g/mol. The summed E-state index contributed by atoms with van der Waals surface area (Å²) in [6.45, 7) is 2.02. The highest BCUT2D eigenvalue weighted by molar-refractivity contribution is 7.59. The number of hydrazone groups is 1. The first-order valence-corrected chi connectivity index (χ1v) is 9.24. The summed E-state index contributed by atoms with van der Waals surface area (Å²) < 4.78 is 27.2. The summed E-state index contributed by atoms with van der Waals surface area (Å²) in [4.78, 5) is 20.9. The number of benzene rings is 1. The van der Waals surface area contributed by atoms with Crippen LogP contribution in [0.15, 0.2) is 41.5 Å². The van der Waals surface area contributed by atoms with Crippen LogP contribution in [-0.4, -0.2) is 53.3 Å². The van der Waals surface area contributed by atoms with E-state index in [-0.39, 0.29) is 19.5 Å². The zero-order valence-corrected chi connectivity index (χ0v) is 17.0. The third kappa shape index (κ3) is 4.36. The largest absolute Gasteiger partial charge is 0.353 e. The Labute approximate surface area is 179 Å². The van der Waals surface area contributed by atoms with Crippen LogP contribution >= 0.6 is 13.5 Å². The minimum absolute atomic E-state index is 0. The quantitative estimate of drug-likeness (QED) is 0.734. The molecular weight excluding hydrogens is 410 g/mol. The lowest BCUT2D eigenvalue weighted by molar-refractivity contribution is 0.139. The minimum Gasteiger partial charge on any atom is -0.353 e. The second-order valence-corrected chi connectivity index (χ2v) is 6.85. The van der Waals surface area contributed by atoms with Crippen molar-refractivity contribution in [1.29, 1.82) is 5.26 Å². The first-order valence-electron chi connectivity index (χ1n) is 9.24. The summed E-state index contributed by atoms with van der Waals surface area (Å²) in [5.41, 5.74) is 0.724. The topological polar surface area (TPSA) is 75.8 Å². The van der Waals surface area contributed by atoms with Crippen LogP contribution in [0.4, 0.5) is 19.4 Å². The van der Waals surface area contributed by atoms with E-state index in [1.807, 2.05) is 17.0 Å². The van der Waals surface area contributed by atoms with Gasteiger partial charge >= 0.3 is 6.03 Å². The number of urea groups is 1. The van der Waals surface area contributed by atoms with Gasteiger partial charge in [-0.3, -0.25) is 0 Å². The molecule has 2 aliphatic heterocycles. The number of pyridine rings is 1. The zero-order chi connectivity index (χ0) is 20.4. The number of nitriles is 1. The molecule has 1 aromatic carbocycles. The Kier molecular flexibility index (Phi) is 6.52. The van der Waals surface area contributed by atoms with Gasteiger partial charge in [0.25, 0.3) is 0 Å². The van der Waals surface area contributed by atoms with Crippen molar-refractivity contribution in [2.45, 2.75) is 12.5 Å². The molecule has 156 valence electrons. The van der Waals surface area contributed by atoms with Gasteiger partial charge < -0.3 is 9.80 Å². The molecular formula is C20H20F2N6OS. The predicted octanol–water partition coefficient (Wildman–Crippen LogP) is 3.02. The lowest BCUT2D eigenvalue weighted by Gasteiger charge is -2.37. The average Bonchev–Trinajstić information content (AvgIpc) is 3.23. The fraction of sp³-hybridized carbons (Fsp3) is 0.300. The molecule has 0 radical (unpaired) electrons. The van der Waals surface area contributed by atoms with E-state index in [4.69, 9.17) is 5.26 Å². The maximum absolute atomic E-state index is 13.6. The molecule has 0 N–H and O–H groups in total. The number of amides is 2. The number of halogens is 2. The molecule has 30 heavy (non-hydrogen) atoms. The molecule has 10 heteroatoms. The summed E-state index contributed by atoms with van der Waals surface area (Å²) in [5, 5.41) is 14.4. The smallest absolute Gasteiger partial charge is 0.341 e. The summed E-state index contributed by atoms with van der Waals surface area (Å²) in [7, 11) is 0. The molecule has 1 fully saturated rings.